The number of piperidine rings is 1. The van der Waals surface area contributed by atoms with E-state index in [0.29, 0.717) is 15.5 Å². The number of anilines is 1. The molecule has 0 amide bonds. The summed E-state index contributed by atoms with van der Waals surface area (Å²) in [6, 6.07) is 7.96. The van der Waals surface area contributed by atoms with Crippen LogP contribution in [-0.2, 0) is 0 Å². The smallest absolute Gasteiger partial charge is 0.130 e. The Bertz CT molecular complexity index is 842. The zero-order valence-corrected chi connectivity index (χ0v) is 19.3. The number of halogens is 3. The summed E-state index contributed by atoms with van der Waals surface area (Å²) in [5, 5.41) is 2.12. The summed E-state index contributed by atoms with van der Waals surface area (Å²) in [6.45, 7) is 4.38. The van der Waals surface area contributed by atoms with Gasteiger partial charge >= 0.3 is 0 Å². The van der Waals surface area contributed by atoms with E-state index < -0.39 is 0 Å². The molecule has 1 spiro atoms. The Kier molecular flexibility index (Phi) is 5.99. The minimum Gasteiger partial charge on any atom is -0.369 e. The largest absolute Gasteiger partial charge is 0.369 e. The first kappa shape index (κ1) is 19.9. The van der Waals surface area contributed by atoms with Gasteiger partial charge in [-0.15, -0.1) is 0 Å². The van der Waals surface area contributed by atoms with Crippen molar-refractivity contribution in [1.82, 2.24) is 4.98 Å². The number of aromatic nitrogens is 1. The molecule has 0 radical (unpaired) electrons. The van der Waals surface area contributed by atoms with Crippen molar-refractivity contribution in [1.29, 1.82) is 0 Å². The molecule has 1 aromatic carbocycles. The summed E-state index contributed by atoms with van der Waals surface area (Å²) in [4.78, 5) is 8.26. The summed E-state index contributed by atoms with van der Waals surface area (Å²) < 4.78 is 0.913. The van der Waals surface area contributed by atoms with Crippen molar-refractivity contribution in [3.63, 3.8) is 0 Å². The van der Waals surface area contributed by atoms with Crippen LogP contribution in [0.25, 0.3) is 0 Å². The Balaban J connectivity index is 1.53. The van der Waals surface area contributed by atoms with E-state index in [-0.39, 0.29) is 0 Å². The normalized spacial score (nSPS) is 19.0. The van der Waals surface area contributed by atoms with Crippen LogP contribution < -0.4 is 4.90 Å². The van der Waals surface area contributed by atoms with E-state index in [0.717, 1.165) is 33.2 Å². The Labute approximate surface area is 184 Å². The van der Waals surface area contributed by atoms with Crippen LogP contribution in [0.4, 0.5) is 5.69 Å². The molecule has 4 rings (SSSR count). The summed E-state index contributed by atoms with van der Waals surface area (Å²) in [5.74, 6) is 0. The van der Waals surface area contributed by atoms with E-state index >= 15 is 0 Å². The quantitative estimate of drug-likeness (QED) is 0.413. The fourth-order valence-electron chi connectivity index (χ4n) is 4.40. The molecule has 144 valence electrons. The standard InChI is InChI=1S/C21H23BrCl2N2S/c1-14-13-16(26-11-9-21(10-12-26)7-2-3-8-21)19(22)25-20(14)27-17-6-4-5-15(23)18(17)24/h4-6,13H,2-3,7-12H2,1H3. The number of rotatable bonds is 3. The average Bonchev–Trinajstić information content (AvgIpc) is 3.11. The van der Waals surface area contributed by atoms with Crippen molar-refractivity contribution in [3.8, 4) is 0 Å². The third kappa shape index (κ3) is 4.14. The van der Waals surface area contributed by atoms with Gasteiger partial charge in [-0.2, -0.15) is 0 Å². The molecular weight excluding hydrogens is 463 g/mol. The van der Waals surface area contributed by atoms with E-state index in [2.05, 4.69) is 33.8 Å². The van der Waals surface area contributed by atoms with Crippen LogP contribution in [0.2, 0.25) is 10.0 Å². The van der Waals surface area contributed by atoms with E-state index in [9.17, 15) is 0 Å². The van der Waals surface area contributed by atoms with Gasteiger partial charge in [0.15, 0.2) is 0 Å². The van der Waals surface area contributed by atoms with Crippen molar-refractivity contribution in [2.24, 2.45) is 5.41 Å². The number of hydrogen-bond acceptors (Lipinski definition) is 3. The van der Waals surface area contributed by atoms with Gasteiger partial charge in [0.05, 0.1) is 15.7 Å². The summed E-state index contributed by atoms with van der Waals surface area (Å²) in [6.07, 6.45) is 8.31. The maximum absolute atomic E-state index is 6.35. The van der Waals surface area contributed by atoms with Gasteiger partial charge in [0.25, 0.3) is 0 Å². The second kappa shape index (κ2) is 8.14. The lowest BCUT2D eigenvalue weighted by Crippen LogP contribution is -2.39. The zero-order valence-electron chi connectivity index (χ0n) is 15.4. The molecule has 0 unspecified atom stereocenters. The van der Waals surface area contributed by atoms with Gasteiger partial charge in [-0.3, -0.25) is 0 Å². The number of aryl methyl sites for hydroxylation is 1. The van der Waals surface area contributed by atoms with E-state index in [1.54, 1.807) is 17.8 Å². The van der Waals surface area contributed by atoms with Gasteiger partial charge < -0.3 is 4.90 Å². The summed E-state index contributed by atoms with van der Waals surface area (Å²) in [5.41, 5.74) is 3.00. The van der Waals surface area contributed by atoms with E-state index in [1.165, 1.54) is 44.2 Å². The van der Waals surface area contributed by atoms with Crippen LogP contribution in [0.1, 0.15) is 44.1 Å². The highest BCUT2D eigenvalue weighted by Gasteiger charge is 2.37. The van der Waals surface area contributed by atoms with Gasteiger partial charge in [0.2, 0.25) is 0 Å². The maximum Gasteiger partial charge on any atom is 0.130 e. The Morgan fingerprint density at radius 1 is 1.11 bits per heavy atom. The highest BCUT2D eigenvalue weighted by atomic mass is 79.9. The van der Waals surface area contributed by atoms with Crippen molar-refractivity contribution in [2.45, 2.75) is 55.4 Å². The van der Waals surface area contributed by atoms with Gasteiger partial charge in [0.1, 0.15) is 9.63 Å². The molecule has 2 nitrogen and oxygen atoms in total. The van der Waals surface area contributed by atoms with Crippen LogP contribution in [0, 0.1) is 12.3 Å². The fourth-order valence-corrected chi connectivity index (χ4v) is 6.44. The third-order valence-corrected chi connectivity index (χ3v) is 8.73. The number of pyridine rings is 1. The molecular formula is C21H23BrCl2N2S. The first-order valence-electron chi connectivity index (χ1n) is 9.51. The molecule has 27 heavy (non-hydrogen) atoms. The molecule has 2 aliphatic rings. The predicted molar refractivity (Wildman–Crippen MR) is 120 cm³/mol. The number of hydrogen-bond donors (Lipinski definition) is 0. The highest BCUT2D eigenvalue weighted by molar-refractivity contribution is 9.10. The number of benzene rings is 1. The molecule has 0 atom stereocenters. The molecule has 2 heterocycles. The Morgan fingerprint density at radius 3 is 2.52 bits per heavy atom. The van der Waals surface area contributed by atoms with Crippen LogP contribution >= 0.6 is 50.9 Å². The molecule has 1 aliphatic heterocycles. The molecule has 0 bridgehead atoms. The molecule has 1 aromatic heterocycles. The SMILES string of the molecule is Cc1cc(N2CCC3(CCCC3)CC2)c(Br)nc1Sc1cccc(Cl)c1Cl. The maximum atomic E-state index is 6.35. The first-order chi connectivity index (χ1) is 13.0. The lowest BCUT2D eigenvalue weighted by molar-refractivity contribution is 0.226. The van der Waals surface area contributed by atoms with Crippen LogP contribution in [0.3, 0.4) is 0 Å². The van der Waals surface area contributed by atoms with Gasteiger partial charge in [-0.1, -0.05) is 53.9 Å². The zero-order chi connectivity index (χ0) is 19.0. The van der Waals surface area contributed by atoms with Gasteiger partial charge in [0, 0.05) is 18.0 Å². The van der Waals surface area contributed by atoms with Crippen LogP contribution in [0.5, 0.6) is 0 Å². The lowest BCUT2D eigenvalue weighted by atomic mass is 9.77. The Morgan fingerprint density at radius 2 is 1.81 bits per heavy atom. The van der Waals surface area contributed by atoms with Crippen LogP contribution in [0.15, 0.2) is 38.8 Å². The molecule has 2 aromatic rings. The minimum atomic E-state index is 0.573. The van der Waals surface area contributed by atoms with Crippen molar-refractivity contribution < 1.29 is 0 Å². The first-order valence-corrected chi connectivity index (χ1v) is 11.9. The average molecular weight is 486 g/mol. The second-order valence-corrected chi connectivity index (χ2v) is 10.3. The lowest BCUT2D eigenvalue weighted by Gasteiger charge is -2.40. The Hall–Kier alpha value is -0.420. The molecule has 1 aliphatic carbocycles. The van der Waals surface area contributed by atoms with Crippen molar-refractivity contribution in [2.75, 3.05) is 18.0 Å². The summed E-state index contributed by atoms with van der Waals surface area (Å²) in [7, 11) is 0. The minimum absolute atomic E-state index is 0.573. The molecule has 1 saturated carbocycles. The van der Waals surface area contributed by atoms with Crippen LogP contribution in [-0.4, -0.2) is 18.1 Å². The topological polar surface area (TPSA) is 16.1 Å². The van der Waals surface area contributed by atoms with Crippen molar-refractivity contribution >= 4 is 56.6 Å². The predicted octanol–water partition coefficient (Wildman–Crippen LogP) is 7.77. The third-order valence-electron chi connectivity index (χ3n) is 6.05. The van der Waals surface area contributed by atoms with Gasteiger partial charge in [-0.05, 0) is 77.7 Å². The fraction of sp³-hybridized carbons (Fsp3) is 0.476. The van der Waals surface area contributed by atoms with Crippen molar-refractivity contribution in [3.05, 3.63) is 44.5 Å². The molecule has 1 saturated heterocycles. The van der Waals surface area contributed by atoms with E-state index in [1.807, 2.05) is 12.1 Å². The number of nitrogens with zero attached hydrogens (tertiary/aromatic N) is 2. The molecule has 6 heteroatoms. The summed E-state index contributed by atoms with van der Waals surface area (Å²) >= 11 is 17.8. The highest BCUT2D eigenvalue weighted by Crippen LogP contribution is 2.47. The molecule has 0 N–H and O–H groups in total. The molecule has 2 fully saturated rings. The monoisotopic (exact) mass is 484 g/mol. The van der Waals surface area contributed by atoms with E-state index in [4.69, 9.17) is 28.2 Å². The van der Waals surface area contributed by atoms with Gasteiger partial charge in [-0.25, -0.2) is 4.98 Å². The second-order valence-electron chi connectivity index (χ2n) is 7.77.